The number of hydrogen-bond acceptors (Lipinski definition) is 5. The quantitative estimate of drug-likeness (QED) is 0.142. The van der Waals surface area contributed by atoms with E-state index in [1.165, 1.54) is 71.6 Å². The van der Waals surface area contributed by atoms with E-state index in [4.69, 9.17) is 4.84 Å². The predicted octanol–water partition coefficient (Wildman–Crippen LogP) is 5.46. The number of rotatable bonds is 18. The molecule has 0 heterocycles. The Morgan fingerprint density at radius 1 is 0.815 bits per heavy atom. The molecule has 0 amide bonds. The number of unbranched alkanes of at least 4 members (excludes halogenated alkanes) is 11. The van der Waals surface area contributed by atoms with Crippen LogP contribution >= 0.6 is 0 Å². The van der Waals surface area contributed by atoms with Gasteiger partial charge in [-0.25, -0.2) is 0 Å². The van der Waals surface area contributed by atoms with Crippen LogP contribution in [0.1, 0.15) is 111 Å². The van der Waals surface area contributed by atoms with Gasteiger partial charge in [0.1, 0.15) is 12.5 Å². The highest BCUT2D eigenvalue weighted by Crippen LogP contribution is 2.11. The first-order valence-electron chi connectivity index (χ1n) is 11.0. The number of hydrogen-bond donors (Lipinski definition) is 2. The third-order valence-electron chi connectivity index (χ3n) is 4.59. The van der Waals surface area contributed by atoms with E-state index < -0.39 is 18.4 Å². The highest BCUT2D eigenvalue weighted by molar-refractivity contribution is 5.68. The van der Waals surface area contributed by atoms with E-state index in [1.807, 2.05) is 0 Å². The zero-order valence-electron chi connectivity index (χ0n) is 17.9. The average molecular weight is 386 g/mol. The normalized spacial score (nSPS) is 14.0. The van der Waals surface area contributed by atoms with Crippen LogP contribution in [0.5, 0.6) is 0 Å². The molecule has 0 saturated carbocycles. The number of allylic oxidation sites excluding steroid dienone is 2. The third kappa shape index (κ3) is 17.0. The lowest BCUT2D eigenvalue weighted by Gasteiger charge is -2.25. The maximum Gasteiger partial charge on any atom is 0.325 e. The lowest BCUT2D eigenvalue weighted by Crippen LogP contribution is -2.41. The summed E-state index contributed by atoms with van der Waals surface area (Å²) in [5, 5.41) is 19.7. The second-order valence-electron chi connectivity index (χ2n) is 7.42. The molecule has 27 heavy (non-hydrogen) atoms. The third-order valence-corrected chi connectivity index (χ3v) is 4.59. The molecule has 160 valence electrons. The zero-order valence-corrected chi connectivity index (χ0v) is 17.9. The van der Waals surface area contributed by atoms with Crippen molar-refractivity contribution in [1.29, 1.82) is 0 Å². The smallest absolute Gasteiger partial charge is 0.325 e. The van der Waals surface area contributed by atoms with E-state index in [0.717, 1.165) is 30.7 Å². The van der Waals surface area contributed by atoms with Crippen LogP contribution in [0.2, 0.25) is 0 Å². The lowest BCUT2D eigenvalue weighted by molar-refractivity contribution is -0.276. The molecule has 0 aromatic carbocycles. The topological polar surface area (TPSA) is 70.0 Å². The molecule has 0 saturated heterocycles. The summed E-state index contributed by atoms with van der Waals surface area (Å²) in [4.78, 5) is 16.7. The Labute approximate surface area is 166 Å². The number of aliphatic hydroxyl groups is 2. The standard InChI is InChI=1S/C22H43NO4/c1-4-5-6-7-8-9-10-11-12-13-14-15-16-17-18-19-22(26)27-23(20(2)24)21(3)25/h11-12,20-21,24-25H,4-10,13-19H2,1-3H3/b12-11-. The summed E-state index contributed by atoms with van der Waals surface area (Å²) in [7, 11) is 0. The Hall–Kier alpha value is -0.910. The summed E-state index contributed by atoms with van der Waals surface area (Å²) >= 11 is 0. The number of nitrogens with zero attached hydrogens (tertiary/aromatic N) is 1. The molecule has 0 aromatic heterocycles. The maximum atomic E-state index is 11.7. The zero-order chi connectivity index (χ0) is 20.3. The largest absolute Gasteiger partial charge is 0.375 e. The van der Waals surface area contributed by atoms with E-state index in [1.54, 1.807) is 0 Å². The van der Waals surface area contributed by atoms with Gasteiger partial charge in [0.05, 0.1) is 0 Å². The average Bonchev–Trinajstić information content (AvgIpc) is 2.62. The SMILES string of the molecule is CCCCCCCC/C=C\CCCCCCCC(=O)ON(C(C)O)C(C)O. The number of aliphatic hydroxyl groups excluding tert-OH is 2. The first kappa shape index (κ1) is 26.1. The van der Waals surface area contributed by atoms with Gasteiger partial charge < -0.3 is 15.1 Å². The highest BCUT2D eigenvalue weighted by Gasteiger charge is 2.20. The van der Waals surface area contributed by atoms with Gasteiger partial charge in [-0.05, 0) is 46.0 Å². The van der Waals surface area contributed by atoms with Crippen LogP contribution in [0, 0.1) is 0 Å². The van der Waals surface area contributed by atoms with Gasteiger partial charge in [-0.3, -0.25) is 4.79 Å². The van der Waals surface area contributed by atoms with Gasteiger partial charge in [0.2, 0.25) is 0 Å². The summed E-state index contributed by atoms with van der Waals surface area (Å²) in [5.41, 5.74) is 0. The summed E-state index contributed by atoms with van der Waals surface area (Å²) in [6.07, 6.45) is 18.7. The molecule has 0 rings (SSSR count). The van der Waals surface area contributed by atoms with Crippen LogP contribution in [-0.2, 0) is 9.63 Å². The monoisotopic (exact) mass is 385 g/mol. The molecule has 5 heteroatoms. The molecule has 0 aliphatic carbocycles. The Kier molecular flexibility index (Phi) is 17.8. The lowest BCUT2D eigenvalue weighted by atomic mass is 10.1. The number of hydroxylamine groups is 2. The van der Waals surface area contributed by atoms with Gasteiger partial charge in [0.25, 0.3) is 0 Å². The minimum atomic E-state index is -1.02. The van der Waals surface area contributed by atoms with E-state index in [-0.39, 0.29) is 0 Å². The molecule has 0 radical (unpaired) electrons. The van der Waals surface area contributed by atoms with Gasteiger partial charge in [-0.2, -0.15) is 0 Å². The van der Waals surface area contributed by atoms with Crippen LogP contribution in [0.25, 0.3) is 0 Å². The van der Waals surface area contributed by atoms with Crippen molar-refractivity contribution in [2.75, 3.05) is 0 Å². The fourth-order valence-electron chi connectivity index (χ4n) is 2.97. The Bertz CT molecular complexity index is 361. The van der Waals surface area contributed by atoms with Crippen LogP contribution in [0.3, 0.4) is 0 Å². The van der Waals surface area contributed by atoms with E-state index in [9.17, 15) is 15.0 Å². The molecule has 0 fully saturated rings. The second-order valence-corrected chi connectivity index (χ2v) is 7.42. The van der Waals surface area contributed by atoms with Gasteiger partial charge in [0, 0.05) is 6.42 Å². The first-order chi connectivity index (χ1) is 13.0. The van der Waals surface area contributed by atoms with Gasteiger partial charge in [-0.1, -0.05) is 75.5 Å². The van der Waals surface area contributed by atoms with Crippen LogP contribution in [0.15, 0.2) is 12.2 Å². The summed E-state index contributed by atoms with van der Waals surface area (Å²) in [6, 6.07) is 0. The Balaban J connectivity index is 3.44. The van der Waals surface area contributed by atoms with Crippen LogP contribution in [-0.4, -0.2) is 33.7 Å². The predicted molar refractivity (Wildman–Crippen MR) is 111 cm³/mol. The molecule has 5 nitrogen and oxygen atoms in total. The van der Waals surface area contributed by atoms with Crippen LogP contribution < -0.4 is 0 Å². The van der Waals surface area contributed by atoms with Crippen molar-refractivity contribution in [3.63, 3.8) is 0 Å². The molecule has 0 aliphatic heterocycles. The summed E-state index contributed by atoms with van der Waals surface area (Å²) in [5.74, 6) is -0.408. The maximum absolute atomic E-state index is 11.7. The van der Waals surface area contributed by atoms with Crippen molar-refractivity contribution in [3.8, 4) is 0 Å². The van der Waals surface area contributed by atoms with E-state index >= 15 is 0 Å². The number of carbonyl (C=O) groups excluding carboxylic acids is 1. The van der Waals surface area contributed by atoms with Crippen molar-refractivity contribution in [2.45, 2.75) is 123 Å². The van der Waals surface area contributed by atoms with E-state index in [2.05, 4.69) is 19.1 Å². The van der Waals surface area contributed by atoms with Crippen molar-refractivity contribution < 1.29 is 19.8 Å². The highest BCUT2D eigenvalue weighted by atomic mass is 16.7. The minimum absolute atomic E-state index is 0.314. The fraction of sp³-hybridized carbons (Fsp3) is 0.864. The Morgan fingerprint density at radius 3 is 1.74 bits per heavy atom. The van der Waals surface area contributed by atoms with Crippen molar-refractivity contribution in [3.05, 3.63) is 12.2 Å². The molecule has 0 aliphatic rings. The molecular weight excluding hydrogens is 342 g/mol. The summed E-state index contributed by atoms with van der Waals surface area (Å²) < 4.78 is 0. The van der Waals surface area contributed by atoms with Crippen LogP contribution in [0.4, 0.5) is 0 Å². The van der Waals surface area contributed by atoms with Gasteiger partial charge in [0.15, 0.2) is 0 Å². The second kappa shape index (κ2) is 18.5. The molecule has 2 N–H and O–H groups in total. The number of carbonyl (C=O) groups is 1. The molecule has 2 atom stereocenters. The van der Waals surface area contributed by atoms with Crippen molar-refractivity contribution >= 4 is 5.97 Å². The van der Waals surface area contributed by atoms with E-state index in [0.29, 0.717) is 6.42 Å². The van der Waals surface area contributed by atoms with Crippen molar-refractivity contribution in [2.24, 2.45) is 0 Å². The molecule has 0 spiro atoms. The van der Waals surface area contributed by atoms with Gasteiger partial charge in [-0.15, -0.1) is 0 Å². The molecule has 2 unspecified atom stereocenters. The van der Waals surface area contributed by atoms with Crippen molar-refractivity contribution in [1.82, 2.24) is 5.06 Å². The molecule has 0 bridgehead atoms. The molecular formula is C22H43NO4. The molecule has 0 aromatic rings. The minimum Gasteiger partial charge on any atom is -0.375 e. The summed E-state index contributed by atoms with van der Waals surface area (Å²) in [6.45, 7) is 5.15. The van der Waals surface area contributed by atoms with Gasteiger partial charge >= 0.3 is 5.97 Å². The first-order valence-corrected chi connectivity index (χ1v) is 11.0. The fourth-order valence-corrected chi connectivity index (χ4v) is 2.97. The Morgan fingerprint density at radius 2 is 1.26 bits per heavy atom.